The Kier molecular flexibility index (Phi) is 6.03. The highest BCUT2D eigenvalue weighted by molar-refractivity contribution is 6.12. The van der Waals surface area contributed by atoms with Crippen molar-refractivity contribution in [3.8, 4) is 11.5 Å². The molecule has 0 bridgehead atoms. The van der Waals surface area contributed by atoms with Crippen molar-refractivity contribution < 1.29 is 23.9 Å². The number of cyclic esters (lactones) is 1. The molecule has 1 heterocycles. The number of nitro benzene ring substituents is 1. The standard InChI is InChI=1S/C21H18N2O6/c1-3-11-28-18-10-5-14(13-19(18)27-4-2)12-17-21(24)29-20(22-17)15-6-8-16(9-7-15)23(25)26/h3,5-10,12-13H,1,4,11H2,2H3. The summed E-state index contributed by atoms with van der Waals surface area (Å²) in [4.78, 5) is 26.6. The fourth-order valence-corrected chi connectivity index (χ4v) is 2.57. The summed E-state index contributed by atoms with van der Waals surface area (Å²) in [5.74, 6) is 0.586. The van der Waals surface area contributed by atoms with Crippen LogP contribution in [0.25, 0.3) is 6.08 Å². The lowest BCUT2D eigenvalue weighted by Gasteiger charge is -2.11. The quantitative estimate of drug-likeness (QED) is 0.221. The highest BCUT2D eigenvalue weighted by Crippen LogP contribution is 2.30. The second-order valence-corrected chi connectivity index (χ2v) is 5.88. The van der Waals surface area contributed by atoms with E-state index in [0.29, 0.717) is 35.8 Å². The van der Waals surface area contributed by atoms with E-state index in [2.05, 4.69) is 11.6 Å². The molecule has 1 aliphatic rings. The topological polar surface area (TPSA) is 100 Å². The lowest BCUT2D eigenvalue weighted by atomic mass is 10.1. The molecule has 0 radical (unpaired) electrons. The minimum Gasteiger partial charge on any atom is -0.490 e. The Labute approximate surface area is 166 Å². The Balaban J connectivity index is 1.87. The molecule has 0 saturated heterocycles. The van der Waals surface area contributed by atoms with Crippen molar-refractivity contribution in [1.82, 2.24) is 0 Å². The number of benzene rings is 2. The molecule has 0 atom stereocenters. The summed E-state index contributed by atoms with van der Waals surface area (Å²) in [6.07, 6.45) is 3.20. The monoisotopic (exact) mass is 394 g/mol. The van der Waals surface area contributed by atoms with Gasteiger partial charge in [-0.2, -0.15) is 0 Å². The van der Waals surface area contributed by atoms with Gasteiger partial charge in [-0.3, -0.25) is 10.1 Å². The summed E-state index contributed by atoms with van der Waals surface area (Å²) < 4.78 is 16.3. The third-order valence-electron chi connectivity index (χ3n) is 3.87. The molecule has 2 aromatic carbocycles. The normalized spacial score (nSPS) is 14.3. The number of hydrogen-bond acceptors (Lipinski definition) is 7. The van der Waals surface area contributed by atoms with E-state index in [-0.39, 0.29) is 17.3 Å². The minimum atomic E-state index is -0.608. The molecule has 0 spiro atoms. The van der Waals surface area contributed by atoms with E-state index in [1.807, 2.05) is 6.92 Å². The molecule has 3 rings (SSSR count). The van der Waals surface area contributed by atoms with E-state index in [1.165, 1.54) is 24.3 Å². The first-order chi connectivity index (χ1) is 14.0. The average Bonchev–Trinajstić information content (AvgIpc) is 3.08. The van der Waals surface area contributed by atoms with Crippen LogP contribution in [0, 0.1) is 10.1 Å². The predicted octanol–water partition coefficient (Wildman–Crippen LogP) is 3.90. The Morgan fingerprint density at radius 1 is 1.17 bits per heavy atom. The van der Waals surface area contributed by atoms with Crippen LogP contribution in [0.3, 0.4) is 0 Å². The summed E-state index contributed by atoms with van der Waals surface area (Å²) >= 11 is 0. The van der Waals surface area contributed by atoms with E-state index < -0.39 is 10.9 Å². The fraction of sp³-hybridized carbons (Fsp3) is 0.143. The van der Waals surface area contributed by atoms with Crippen LogP contribution in [0.1, 0.15) is 18.1 Å². The van der Waals surface area contributed by atoms with Gasteiger partial charge in [0.05, 0.1) is 11.5 Å². The molecular weight excluding hydrogens is 376 g/mol. The van der Waals surface area contributed by atoms with Crippen molar-refractivity contribution in [2.24, 2.45) is 4.99 Å². The molecule has 8 heteroatoms. The van der Waals surface area contributed by atoms with Crippen LogP contribution >= 0.6 is 0 Å². The van der Waals surface area contributed by atoms with Gasteiger partial charge in [0.15, 0.2) is 17.2 Å². The third-order valence-corrected chi connectivity index (χ3v) is 3.87. The molecule has 0 saturated carbocycles. The SMILES string of the molecule is C=CCOc1ccc(C=C2N=C(c3ccc([N+](=O)[O-])cc3)OC2=O)cc1OCC. The Hall–Kier alpha value is -3.94. The molecule has 29 heavy (non-hydrogen) atoms. The van der Waals surface area contributed by atoms with Gasteiger partial charge in [-0.25, -0.2) is 9.79 Å². The van der Waals surface area contributed by atoms with Crippen LogP contribution in [0.4, 0.5) is 5.69 Å². The molecule has 2 aromatic rings. The number of hydrogen-bond donors (Lipinski definition) is 0. The van der Waals surface area contributed by atoms with E-state index in [0.717, 1.165) is 0 Å². The highest BCUT2D eigenvalue weighted by atomic mass is 16.6. The molecule has 0 aromatic heterocycles. The number of rotatable bonds is 8. The zero-order chi connectivity index (χ0) is 20.8. The number of carbonyl (C=O) groups excluding carboxylic acids is 1. The van der Waals surface area contributed by atoms with Crippen LogP contribution < -0.4 is 9.47 Å². The molecule has 0 aliphatic carbocycles. The molecule has 0 N–H and O–H groups in total. The zero-order valence-electron chi connectivity index (χ0n) is 15.7. The van der Waals surface area contributed by atoms with Gasteiger partial charge in [0.25, 0.3) is 5.69 Å². The van der Waals surface area contributed by atoms with Gasteiger partial charge in [-0.1, -0.05) is 18.7 Å². The van der Waals surface area contributed by atoms with Gasteiger partial charge in [-0.05, 0) is 42.8 Å². The van der Waals surface area contributed by atoms with Crippen LogP contribution in [0.5, 0.6) is 11.5 Å². The Morgan fingerprint density at radius 2 is 1.93 bits per heavy atom. The molecule has 148 valence electrons. The Morgan fingerprint density at radius 3 is 2.59 bits per heavy atom. The number of ether oxygens (including phenoxy) is 3. The van der Waals surface area contributed by atoms with Gasteiger partial charge in [0.1, 0.15) is 6.61 Å². The van der Waals surface area contributed by atoms with E-state index >= 15 is 0 Å². The largest absolute Gasteiger partial charge is 0.490 e. The first-order valence-corrected chi connectivity index (χ1v) is 8.79. The number of esters is 1. The number of aliphatic imine (C=N–C) groups is 1. The van der Waals surface area contributed by atoms with Crippen LogP contribution in [-0.2, 0) is 9.53 Å². The summed E-state index contributed by atoms with van der Waals surface area (Å²) in [6.45, 7) is 6.27. The second kappa shape index (κ2) is 8.83. The highest BCUT2D eigenvalue weighted by Gasteiger charge is 2.24. The maximum absolute atomic E-state index is 12.2. The smallest absolute Gasteiger partial charge is 0.363 e. The number of nitrogens with zero attached hydrogens (tertiary/aromatic N) is 2. The number of carbonyl (C=O) groups is 1. The lowest BCUT2D eigenvalue weighted by Crippen LogP contribution is -2.05. The van der Waals surface area contributed by atoms with Crippen molar-refractivity contribution in [2.75, 3.05) is 13.2 Å². The van der Waals surface area contributed by atoms with Crippen LogP contribution in [0.2, 0.25) is 0 Å². The molecule has 1 aliphatic heterocycles. The maximum atomic E-state index is 12.2. The maximum Gasteiger partial charge on any atom is 0.363 e. The third kappa shape index (κ3) is 4.67. The number of nitro groups is 1. The molecule has 0 fully saturated rings. The van der Waals surface area contributed by atoms with Crippen molar-refractivity contribution in [3.05, 3.63) is 82.1 Å². The molecule has 0 amide bonds. The summed E-state index contributed by atoms with van der Waals surface area (Å²) in [7, 11) is 0. The van der Waals surface area contributed by atoms with Crippen LogP contribution in [-0.4, -0.2) is 30.0 Å². The Bertz CT molecular complexity index is 1010. The van der Waals surface area contributed by atoms with Crippen molar-refractivity contribution in [3.63, 3.8) is 0 Å². The summed E-state index contributed by atoms with van der Waals surface area (Å²) in [5.41, 5.74) is 1.20. The van der Waals surface area contributed by atoms with Crippen LogP contribution in [0.15, 0.2) is 65.8 Å². The minimum absolute atomic E-state index is 0.0587. The summed E-state index contributed by atoms with van der Waals surface area (Å²) in [5, 5.41) is 10.8. The zero-order valence-corrected chi connectivity index (χ0v) is 15.7. The first-order valence-electron chi connectivity index (χ1n) is 8.79. The van der Waals surface area contributed by atoms with Gasteiger partial charge < -0.3 is 14.2 Å². The fourth-order valence-electron chi connectivity index (χ4n) is 2.57. The van der Waals surface area contributed by atoms with Gasteiger partial charge >= 0.3 is 5.97 Å². The lowest BCUT2D eigenvalue weighted by molar-refractivity contribution is -0.384. The van der Waals surface area contributed by atoms with Gasteiger partial charge in [0, 0.05) is 17.7 Å². The second-order valence-electron chi connectivity index (χ2n) is 5.88. The molecule has 8 nitrogen and oxygen atoms in total. The van der Waals surface area contributed by atoms with Gasteiger partial charge in [-0.15, -0.1) is 0 Å². The predicted molar refractivity (Wildman–Crippen MR) is 107 cm³/mol. The van der Waals surface area contributed by atoms with E-state index in [4.69, 9.17) is 14.2 Å². The number of non-ortho nitro benzene ring substituents is 1. The van der Waals surface area contributed by atoms with Gasteiger partial charge in [0.2, 0.25) is 5.90 Å². The van der Waals surface area contributed by atoms with Crippen molar-refractivity contribution in [1.29, 1.82) is 0 Å². The average molecular weight is 394 g/mol. The molecular formula is C21H18N2O6. The molecule has 0 unspecified atom stereocenters. The van der Waals surface area contributed by atoms with Crippen molar-refractivity contribution in [2.45, 2.75) is 6.92 Å². The van der Waals surface area contributed by atoms with E-state index in [9.17, 15) is 14.9 Å². The van der Waals surface area contributed by atoms with Crippen molar-refractivity contribution >= 4 is 23.6 Å². The first kappa shape index (κ1) is 19.8. The van der Waals surface area contributed by atoms with E-state index in [1.54, 1.807) is 30.4 Å². The summed E-state index contributed by atoms with van der Waals surface area (Å²) in [6, 6.07) is 10.8.